The predicted molar refractivity (Wildman–Crippen MR) is 97.9 cm³/mol. The molecule has 3 rings (SSSR count). The van der Waals surface area contributed by atoms with E-state index < -0.39 is 0 Å². The molecule has 1 N–H and O–H groups in total. The van der Waals surface area contributed by atoms with Gasteiger partial charge in [0.05, 0.1) is 18.0 Å². The normalized spacial score (nSPS) is 11.5. The van der Waals surface area contributed by atoms with Gasteiger partial charge < -0.3 is 4.52 Å². The molecule has 2 heterocycles. The average molecular weight is 372 g/mol. The van der Waals surface area contributed by atoms with E-state index >= 15 is 0 Å². The molecule has 0 fully saturated rings. The first kappa shape index (κ1) is 18.1. The van der Waals surface area contributed by atoms with Gasteiger partial charge in [0, 0.05) is 11.5 Å². The van der Waals surface area contributed by atoms with E-state index in [1.807, 2.05) is 51.1 Å². The summed E-state index contributed by atoms with van der Waals surface area (Å²) < 4.78 is 6.83. The first-order chi connectivity index (χ1) is 12.4. The van der Waals surface area contributed by atoms with Crippen molar-refractivity contribution < 1.29 is 9.32 Å². The van der Waals surface area contributed by atoms with Crippen molar-refractivity contribution in [2.45, 2.75) is 37.9 Å². The lowest BCUT2D eigenvalue weighted by molar-refractivity contribution is -0.113. The first-order valence-corrected chi connectivity index (χ1v) is 9.10. The Hall–Kier alpha value is -2.68. The number of rotatable bonds is 6. The quantitative estimate of drug-likeness (QED) is 0.664. The van der Waals surface area contributed by atoms with Crippen LogP contribution in [0.3, 0.4) is 0 Å². The van der Waals surface area contributed by atoms with Gasteiger partial charge in [0.2, 0.25) is 16.9 Å². The maximum Gasteiger partial charge on any atom is 0.237 e. The number of carbonyl (C=O) groups excluding carboxylic acids is 1. The number of carbonyl (C=O) groups is 1. The summed E-state index contributed by atoms with van der Waals surface area (Å²) in [6.07, 6.45) is 0. The number of amides is 1. The van der Waals surface area contributed by atoms with E-state index in [-0.39, 0.29) is 17.1 Å². The molecule has 26 heavy (non-hydrogen) atoms. The summed E-state index contributed by atoms with van der Waals surface area (Å²) in [6.45, 7) is 6.63. The molecule has 0 aliphatic rings. The van der Waals surface area contributed by atoms with E-state index in [9.17, 15) is 4.79 Å². The molecule has 0 radical (unpaired) electrons. The van der Waals surface area contributed by atoms with Crippen LogP contribution in [0.2, 0.25) is 0 Å². The second kappa shape index (κ2) is 7.69. The van der Waals surface area contributed by atoms with Crippen molar-refractivity contribution in [2.24, 2.45) is 0 Å². The number of benzene rings is 1. The molecule has 0 aliphatic heterocycles. The maximum absolute atomic E-state index is 12.1. The fourth-order valence-electron chi connectivity index (χ4n) is 2.15. The number of nitrogens with one attached hydrogen (secondary N) is 1. The molecule has 2 aromatic heterocycles. The van der Waals surface area contributed by atoms with E-state index in [0.717, 1.165) is 11.3 Å². The van der Waals surface area contributed by atoms with Gasteiger partial charge in [-0.25, -0.2) is 4.68 Å². The van der Waals surface area contributed by atoms with E-state index in [0.29, 0.717) is 17.6 Å². The van der Waals surface area contributed by atoms with Gasteiger partial charge in [-0.05, 0) is 16.0 Å². The van der Waals surface area contributed by atoms with Gasteiger partial charge in [-0.3, -0.25) is 10.1 Å². The molecule has 9 heteroatoms. The van der Waals surface area contributed by atoms with E-state index in [2.05, 4.69) is 26.0 Å². The van der Waals surface area contributed by atoms with Crippen LogP contribution in [0, 0.1) is 0 Å². The number of aromatic nitrogens is 5. The van der Waals surface area contributed by atoms with E-state index in [4.69, 9.17) is 4.52 Å². The fourth-order valence-corrected chi connectivity index (χ4v) is 2.82. The Bertz CT molecular complexity index is 869. The molecule has 0 spiro atoms. The monoisotopic (exact) mass is 372 g/mol. The molecule has 0 unspecified atom stereocenters. The van der Waals surface area contributed by atoms with Gasteiger partial charge in [0.25, 0.3) is 0 Å². The second-order valence-electron chi connectivity index (χ2n) is 6.77. The summed E-state index contributed by atoms with van der Waals surface area (Å²) in [4.78, 5) is 12.1. The minimum atomic E-state index is -0.208. The van der Waals surface area contributed by atoms with E-state index in [1.165, 1.54) is 11.8 Å². The highest BCUT2D eigenvalue weighted by atomic mass is 32.2. The van der Waals surface area contributed by atoms with Crippen LogP contribution in [-0.2, 0) is 16.8 Å². The smallest absolute Gasteiger partial charge is 0.237 e. The molecule has 1 amide bonds. The molecule has 0 saturated heterocycles. The number of hydrogen-bond acceptors (Lipinski definition) is 7. The highest BCUT2D eigenvalue weighted by Gasteiger charge is 2.20. The predicted octanol–water partition coefficient (Wildman–Crippen LogP) is 2.74. The van der Waals surface area contributed by atoms with Crippen LogP contribution in [0.5, 0.6) is 0 Å². The zero-order valence-electron chi connectivity index (χ0n) is 14.8. The average Bonchev–Trinajstić information content (AvgIpc) is 3.23. The Kier molecular flexibility index (Phi) is 5.36. The number of anilines is 1. The SMILES string of the molecule is CC(C)(C)c1cc(NC(=O)CSc2nnnn2Cc2ccccc2)on1. The molecule has 0 aliphatic carbocycles. The summed E-state index contributed by atoms with van der Waals surface area (Å²) in [5.74, 6) is 0.297. The van der Waals surface area contributed by atoms with Gasteiger partial charge in [-0.2, -0.15) is 0 Å². The summed E-state index contributed by atoms with van der Waals surface area (Å²) in [6, 6.07) is 11.6. The Morgan fingerprint density at radius 1 is 1.27 bits per heavy atom. The molecule has 8 nitrogen and oxygen atoms in total. The van der Waals surface area contributed by atoms with Gasteiger partial charge in [-0.1, -0.05) is 68.0 Å². The fraction of sp³-hybridized carbons (Fsp3) is 0.353. The van der Waals surface area contributed by atoms with Crippen molar-refractivity contribution in [1.82, 2.24) is 25.4 Å². The highest BCUT2D eigenvalue weighted by molar-refractivity contribution is 7.99. The summed E-state index contributed by atoms with van der Waals surface area (Å²) >= 11 is 1.27. The first-order valence-electron chi connectivity index (χ1n) is 8.12. The Labute approximate surface area is 155 Å². The maximum atomic E-state index is 12.1. The van der Waals surface area contributed by atoms with Crippen molar-refractivity contribution in [3.8, 4) is 0 Å². The topological polar surface area (TPSA) is 98.7 Å². The lowest BCUT2D eigenvalue weighted by Crippen LogP contribution is -2.15. The Morgan fingerprint density at radius 2 is 2.04 bits per heavy atom. The number of nitrogens with zero attached hydrogens (tertiary/aromatic N) is 5. The summed E-state index contributed by atoms with van der Waals surface area (Å²) in [5.41, 5.74) is 1.73. The third kappa shape index (κ3) is 4.69. The number of thioether (sulfide) groups is 1. The summed E-state index contributed by atoms with van der Waals surface area (Å²) in [7, 11) is 0. The minimum absolute atomic E-state index is 0.138. The van der Waals surface area contributed by atoms with Crippen molar-refractivity contribution in [3.63, 3.8) is 0 Å². The van der Waals surface area contributed by atoms with Gasteiger partial charge in [-0.15, -0.1) is 5.10 Å². The van der Waals surface area contributed by atoms with Crippen molar-refractivity contribution in [2.75, 3.05) is 11.1 Å². The third-order valence-corrected chi connectivity index (χ3v) is 4.50. The lowest BCUT2D eigenvalue weighted by Gasteiger charge is -2.12. The lowest BCUT2D eigenvalue weighted by atomic mass is 9.92. The van der Waals surface area contributed by atoms with Crippen LogP contribution in [0.25, 0.3) is 0 Å². The largest absolute Gasteiger partial charge is 0.338 e. The van der Waals surface area contributed by atoms with Gasteiger partial charge in [0.15, 0.2) is 0 Å². The van der Waals surface area contributed by atoms with Gasteiger partial charge in [0.1, 0.15) is 0 Å². The zero-order valence-corrected chi connectivity index (χ0v) is 15.7. The van der Waals surface area contributed by atoms with Crippen LogP contribution in [0.1, 0.15) is 32.0 Å². The molecule has 0 bridgehead atoms. The molecule has 1 aromatic carbocycles. The number of tetrazole rings is 1. The van der Waals surface area contributed by atoms with Crippen molar-refractivity contribution in [3.05, 3.63) is 47.7 Å². The van der Waals surface area contributed by atoms with Gasteiger partial charge >= 0.3 is 0 Å². The van der Waals surface area contributed by atoms with Crippen LogP contribution in [0.15, 0.2) is 46.1 Å². The van der Waals surface area contributed by atoms with E-state index in [1.54, 1.807) is 10.7 Å². The highest BCUT2D eigenvalue weighted by Crippen LogP contribution is 2.24. The Morgan fingerprint density at radius 3 is 2.73 bits per heavy atom. The van der Waals surface area contributed by atoms with Crippen molar-refractivity contribution >= 4 is 23.6 Å². The molecule has 136 valence electrons. The molecular weight excluding hydrogens is 352 g/mol. The van der Waals surface area contributed by atoms with Crippen LogP contribution >= 0.6 is 11.8 Å². The molecular formula is C17H20N6O2S. The third-order valence-electron chi connectivity index (χ3n) is 3.55. The van der Waals surface area contributed by atoms with Crippen LogP contribution in [0.4, 0.5) is 5.88 Å². The minimum Gasteiger partial charge on any atom is -0.338 e. The Balaban J connectivity index is 1.55. The number of hydrogen-bond donors (Lipinski definition) is 1. The van der Waals surface area contributed by atoms with Crippen LogP contribution < -0.4 is 5.32 Å². The molecule has 3 aromatic rings. The standard InChI is InChI=1S/C17H20N6O2S/c1-17(2,3)13-9-15(25-20-13)18-14(24)11-26-16-19-21-22-23(16)10-12-7-5-4-6-8-12/h4-9H,10-11H2,1-3H3,(H,18,24). The molecule has 0 saturated carbocycles. The van der Waals surface area contributed by atoms with Crippen molar-refractivity contribution in [1.29, 1.82) is 0 Å². The summed E-state index contributed by atoms with van der Waals surface area (Å²) in [5, 5.41) is 18.9. The second-order valence-corrected chi connectivity index (χ2v) is 7.71. The zero-order chi connectivity index (χ0) is 18.6. The molecule has 0 atom stereocenters. The van der Waals surface area contributed by atoms with Crippen LogP contribution in [-0.4, -0.2) is 37.0 Å².